The summed E-state index contributed by atoms with van der Waals surface area (Å²) in [6, 6.07) is 10.5. The summed E-state index contributed by atoms with van der Waals surface area (Å²) >= 11 is 34.4. The third-order valence-corrected chi connectivity index (χ3v) is 22.7. The molecule has 0 amide bonds. The molecule has 7 fully saturated rings. The van der Waals surface area contributed by atoms with Gasteiger partial charge in [-0.15, -0.1) is 39.4 Å². The van der Waals surface area contributed by atoms with Crippen molar-refractivity contribution in [1.82, 2.24) is 90.7 Å². The number of aliphatic imine (C=N–C) groups is 2. The van der Waals surface area contributed by atoms with E-state index in [1.165, 1.54) is 41.5 Å². The SMILES string of the molecule is CC(=NC#N)N(C)Cc1cnc(Cl)s1.CC1CN(C)/C(=N\[N+](=O)[O-])N(CC2CCOC2)C1.CN/C(=N\[N+](=O)[O-])N(C)Cc1ccc(Cl)nc1.CN/C(=N\[N+](=O)[O-])NCC1CCOC1.CN/C(=N\[N+](=O)[O-])NCc1ccc(Cl)nc1.CN1COCN(CC2CCOC2)/C1=N/[N+](=O)[O-].N#CN=C1SCCN1Cc1cnc(Cl)s1.O=[N+]([O-])/C=C1\SCCN1Cc1ccc(Cl)nc1. The number of thiazole rings is 2. The number of rotatable bonds is 22. The molecule has 7 aliphatic heterocycles. The number of aromatic nitrogens is 5. The first-order chi connectivity index (χ1) is 61.2. The molecule has 0 aromatic carbocycles. The van der Waals surface area contributed by atoms with Crippen LogP contribution in [-0.4, -0.2) is 295 Å². The minimum atomic E-state index is -0.779. The molecule has 49 nitrogen and oxygen atoms in total. The Hall–Kier alpha value is -11.1. The highest BCUT2D eigenvalue weighted by Gasteiger charge is 2.33. The molecule has 12 rings (SSSR count). The van der Waals surface area contributed by atoms with Gasteiger partial charge in [0.1, 0.15) is 65.3 Å². The molecule has 12 heterocycles. The third-order valence-electron chi connectivity index (χ3n) is 17.7. The zero-order valence-electron chi connectivity index (χ0n) is 71.0. The minimum absolute atomic E-state index is 0.0833. The summed E-state index contributed by atoms with van der Waals surface area (Å²) in [7, 11) is 11.8. The highest BCUT2D eigenvalue weighted by Crippen LogP contribution is 2.30. The van der Waals surface area contributed by atoms with Gasteiger partial charge in [-0.2, -0.15) is 15.5 Å². The summed E-state index contributed by atoms with van der Waals surface area (Å²) in [5.74, 6) is 5.56. The number of nitriles is 2. The van der Waals surface area contributed by atoms with Gasteiger partial charge in [0, 0.05) is 205 Å². The Morgan fingerprint density at radius 1 is 0.570 bits per heavy atom. The Kier molecular flexibility index (Phi) is 49.6. The number of hydrazone groups is 5. The Labute approximate surface area is 777 Å². The molecular weight excluding hydrogens is 1860 g/mol. The van der Waals surface area contributed by atoms with E-state index in [-0.39, 0.29) is 17.9 Å². The number of hydrogen-bond acceptors (Lipinski definition) is 30. The van der Waals surface area contributed by atoms with E-state index in [9.17, 15) is 60.7 Å². The smallest absolute Gasteiger partial charge is 0.277 e. The van der Waals surface area contributed by atoms with E-state index in [1.807, 2.05) is 46.0 Å². The van der Waals surface area contributed by atoms with Crippen molar-refractivity contribution < 1.29 is 49.0 Å². The van der Waals surface area contributed by atoms with Crippen LogP contribution in [0.4, 0.5) is 0 Å². The average Bonchev–Trinajstić information content (AvgIpc) is 1.07. The van der Waals surface area contributed by atoms with Crippen molar-refractivity contribution in [3.63, 3.8) is 0 Å². The van der Waals surface area contributed by atoms with E-state index in [2.05, 4.69) is 98.8 Å². The van der Waals surface area contributed by atoms with E-state index < -0.39 is 30.1 Å². The lowest BCUT2D eigenvalue weighted by Crippen LogP contribution is -2.53. The van der Waals surface area contributed by atoms with Gasteiger partial charge < -0.3 is 84.7 Å². The lowest BCUT2D eigenvalue weighted by Gasteiger charge is -2.39. The second-order valence-electron chi connectivity index (χ2n) is 27.6. The van der Waals surface area contributed by atoms with Gasteiger partial charge in [-0.1, -0.05) is 94.9 Å². The Morgan fingerprint density at radius 3 is 1.57 bits per heavy atom. The Bertz CT molecular complexity index is 4660. The van der Waals surface area contributed by atoms with Gasteiger partial charge in [0.2, 0.25) is 12.4 Å². The second-order valence-corrected chi connectivity index (χ2v) is 34.4. The van der Waals surface area contributed by atoms with Gasteiger partial charge in [-0.3, -0.25) is 10.1 Å². The molecule has 128 heavy (non-hydrogen) atoms. The first kappa shape index (κ1) is 107. The topological polar surface area (TPSA) is 580 Å². The second kappa shape index (κ2) is 59.1. The summed E-state index contributed by atoms with van der Waals surface area (Å²) < 4.78 is 22.2. The maximum absolute atomic E-state index is 10.6. The number of hydrogen-bond donors (Lipinski definition) is 5. The molecule has 0 saturated carbocycles. The predicted octanol–water partition coefficient (Wildman–Crippen LogP) is 7.78. The van der Waals surface area contributed by atoms with Crippen LogP contribution in [0.25, 0.3) is 0 Å². The van der Waals surface area contributed by atoms with Crippen LogP contribution < -0.4 is 26.6 Å². The fraction of sp³-hybridized carbons (Fsp3) is 0.543. The van der Waals surface area contributed by atoms with Crippen LogP contribution in [0.5, 0.6) is 0 Å². The number of thioether (sulfide) groups is 2. The molecule has 58 heteroatoms. The number of guanidine groups is 5. The molecule has 7 saturated heterocycles. The van der Waals surface area contributed by atoms with Crippen LogP contribution in [-0.2, 0) is 51.7 Å². The van der Waals surface area contributed by atoms with Crippen molar-refractivity contribution >= 4 is 145 Å². The van der Waals surface area contributed by atoms with Gasteiger partial charge in [-0.05, 0) is 67.0 Å². The Balaban J connectivity index is 0.000000260. The fourth-order valence-corrected chi connectivity index (χ4v) is 16.2. The van der Waals surface area contributed by atoms with Crippen molar-refractivity contribution in [3.8, 4) is 12.4 Å². The van der Waals surface area contributed by atoms with Gasteiger partial charge in [0.25, 0.3) is 36.0 Å². The zero-order valence-corrected chi connectivity index (χ0v) is 78.0. The number of nitro groups is 6. The summed E-state index contributed by atoms with van der Waals surface area (Å²) in [6.45, 7) is 17.4. The summed E-state index contributed by atoms with van der Waals surface area (Å²) in [5, 5.41) is 108. The van der Waals surface area contributed by atoms with Crippen LogP contribution in [0, 0.1) is 107 Å². The number of nitrogens with one attached hydrogen (secondary N) is 5. The standard InChI is InChI=1S/C11H20N4O3.C10H10ClN3O2S.C9H12ClN5O2.C9H16N4O4.C8H10ClN5O2.C8H7ClN4S2.C8H9ClN4S.C7H14N4O3/c1-9-5-13(2)11(12-15(16)17)14(6-9)7-10-3-4-18-8-10;11-9-2-1-8(5-12-9)6-13-3-4-17-10(13)7-14(15)16;1-11-9(13-15(16)17)14(2)6-7-3-4-8(10)12-5-7;1-11-6-17-7-12(9(11)10-13(14)15)4-8-2-3-16-5-8;1-10-8(13-14(15)16)12-5-6-2-3-7(9)11-4-6;9-7-11-3-6(15-7)4-13-1-2-14-8(13)12-5-10;1-6(12-5-10)13(2)4-7-3-11-8(9)14-7;1-8-7(10-11(12)13)9-4-6-2-3-14-5-6/h9-10H,3-8H2,1-2H3;1-2,5,7H,3-4,6H2;3-5H,6H2,1-2H3,(H,11,13);8H,2-7H2,1H3;2-4H,5H2,1H3,(H2,10,12,13);3H,1-2,4H2;3H,4H2,1-2H3;6H,2-5H2,1H3,(H2,8,9,10)/b12-11+;10-7-;;10-9+;;;;. The number of ether oxygens (including phenoxy) is 4. The molecule has 4 unspecified atom stereocenters. The van der Waals surface area contributed by atoms with Crippen molar-refractivity contribution in [2.24, 2.45) is 59.2 Å². The van der Waals surface area contributed by atoms with E-state index >= 15 is 0 Å². The van der Waals surface area contributed by atoms with Crippen LogP contribution in [0.1, 0.15) is 59.6 Å². The summed E-state index contributed by atoms with van der Waals surface area (Å²) in [5.41, 5.74) is 2.71. The number of amidine groups is 2. The van der Waals surface area contributed by atoms with Crippen molar-refractivity contribution in [2.75, 3.05) is 160 Å². The number of halogens is 5. The molecule has 5 N–H and O–H groups in total. The molecule has 5 aromatic rings. The minimum Gasteiger partial charge on any atom is -0.381 e. The normalized spacial score (nSPS) is 19.1. The van der Waals surface area contributed by atoms with Crippen molar-refractivity contribution in [3.05, 3.63) is 190 Å². The summed E-state index contributed by atoms with van der Waals surface area (Å²) in [4.78, 5) is 106. The van der Waals surface area contributed by atoms with E-state index in [4.69, 9.17) is 87.5 Å². The maximum atomic E-state index is 10.6. The highest BCUT2D eigenvalue weighted by molar-refractivity contribution is 8.14. The monoisotopic (exact) mass is 1960 g/mol. The quantitative estimate of drug-likeness (QED) is 0.0110. The summed E-state index contributed by atoms with van der Waals surface area (Å²) in [6.07, 6.45) is 16.0. The van der Waals surface area contributed by atoms with E-state index in [0.717, 1.165) is 134 Å². The van der Waals surface area contributed by atoms with E-state index in [1.54, 1.807) is 129 Å². The van der Waals surface area contributed by atoms with Gasteiger partial charge in [0.15, 0.2) is 39.3 Å². The molecule has 698 valence electrons. The van der Waals surface area contributed by atoms with Crippen molar-refractivity contribution in [2.45, 2.75) is 65.8 Å². The molecular formula is C70H98Cl5N33O16S4. The average molecular weight is 1960 g/mol. The molecule has 0 radical (unpaired) electrons. The first-order valence-electron chi connectivity index (χ1n) is 38.5. The predicted molar refractivity (Wildman–Crippen MR) is 487 cm³/mol. The number of pyridine rings is 3. The third kappa shape index (κ3) is 43.1. The Morgan fingerprint density at radius 2 is 1.09 bits per heavy atom. The van der Waals surface area contributed by atoms with Crippen LogP contribution in [0.2, 0.25) is 24.4 Å². The molecule has 4 atom stereocenters. The molecule has 7 aliphatic rings. The molecule has 0 bridgehead atoms. The van der Waals surface area contributed by atoms with Gasteiger partial charge in [0.05, 0.1) is 37.8 Å². The van der Waals surface area contributed by atoms with Gasteiger partial charge >= 0.3 is 0 Å². The largest absolute Gasteiger partial charge is 0.381 e. The molecule has 5 aromatic heterocycles. The van der Waals surface area contributed by atoms with Crippen LogP contribution in [0.3, 0.4) is 0 Å². The number of nitrogens with zero attached hydrogens (tertiary/aromatic N) is 28. The first-order valence-corrected chi connectivity index (χ1v) is 44.0. The lowest BCUT2D eigenvalue weighted by atomic mass is 10.1. The lowest BCUT2D eigenvalue weighted by molar-refractivity contribution is -0.486. The van der Waals surface area contributed by atoms with Crippen LogP contribution in [0.15, 0.2) is 114 Å². The van der Waals surface area contributed by atoms with Crippen LogP contribution >= 0.6 is 104 Å². The fourth-order valence-electron chi connectivity index (χ4n) is 11.9. The maximum Gasteiger partial charge on any atom is 0.277 e. The highest BCUT2D eigenvalue weighted by atomic mass is 35.5. The molecule has 0 spiro atoms. The zero-order chi connectivity index (χ0) is 94.0. The van der Waals surface area contributed by atoms with E-state index in [0.29, 0.717) is 137 Å². The molecule has 0 aliphatic carbocycles. The van der Waals surface area contributed by atoms with Crippen molar-refractivity contribution in [1.29, 1.82) is 10.5 Å². The van der Waals surface area contributed by atoms with Gasteiger partial charge in [-0.25, -0.2) is 75.5 Å².